The SMILES string of the molecule is NC(=O)c1c(CC2CC2)nc2c(cnn2C[C@@H]2CNCCO2)c1-c1ccc2c(c1)OC(F)(F)C(=O)N2Cc1ccc(Cl)cn1. The van der Waals surface area contributed by atoms with E-state index in [4.69, 9.17) is 31.8 Å². The first kappa shape index (κ1) is 28.6. The van der Waals surface area contributed by atoms with Crippen molar-refractivity contribution in [3.05, 3.63) is 64.7 Å². The summed E-state index contributed by atoms with van der Waals surface area (Å²) in [4.78, 5) is 35.7. The van der Waals surface area contributed by atoms with Gasteiger partial charge in [-0.05, 0) is 55.0 Å². The largest absolute Gasteiger partial charge is 0.482 e. The molecular weight excluding hydrogens is 596 g/mol. The number of morpholine rings is 1. The number of halogens is 3. The number of benzene rings is 1. The lowest BCUT2D eigenvalue weighted by Crippen LogP contribution is -2.50. The van der Waals surface area contributed by atoms with Gasteiger partial charge in [0.2, 0.25) is 0 Å². The number of carbonyl (C=O) groups excluding carboxylic acids is 2. The molecule has 0 radical (unpaired) electrons. The van der Waals surface area contributed by atoms with E-state index >= 15 is 0 Å². The van der Waals surface area contributed by atoms with Crippen LogP contribution in [0.4, 0.5) is 14.5 Å². The Labute approximate surface area is 255 Å². The second-order valence-electron chi connectivity index (χ2n) is 11.2. The van der Waals surface area contributed by atoms with Gasteiger partial charge in [0.25, 0.3) is 5.91 Å². The number of fused-ring (bicyclic) bond motifs is 2. The number of amides is 2. The number of hydrogen-bond acceptors (Lipinski definition) is 8. The molecule has 1 atom stereocenters. The van der Waals surface area contributed by atoms with E-state index in [0.29, 0.717) is 70.6 Å². The highest BCUT2D eigenvalue weighted by Crippen LogP contribution is 2.44. The lowest BCUT2D eigenvalue weighted by atomic mass is 9.93. The molecule has 14 heteroatoms. The molecule has 2 aliphatic heterocycles. The first-order chi connectivity index (χ1) is 21.2. The summed E-state index contributed by atoms with van der Waals surface area (Å²) < 4.78 is 42.5. The van der Waals surface area contributed by atoms with Gasteiger partial charge in [-0.2, -0.15) is 13.9 Å². The van der Waals surface area contributed by atoms with Crippen molar-refractivity contribution in [2.24, 2.45) is 11.7 Å². The van der Waals surface area contributed by atoms with Crippen molar-refractivity contribution in [2.75, 3.05) is 24.6 Å². The number of nitrogens with two attached hydrogens (primary N) is 1. The molecule has 228 valence electrons. The average molecular weight is 624 g/mol. The van der Waals surface area contributed by atoms with E-state index in [2.05, 4.69) is 15.4 Å². The molecule has 1 saturated carbocycles. The molecule has 11 nitrogen and oxygen atoms in total. The predicted molar refractivity (Wildman–Crippen MR) is 157 cm³/mol. The molecule has 1 saturated heterocycles. The molecule has 2 amide bonds. The van der Waals surface area contributed by atoms with Gasteiger partial charge in [-0.3, -0.25) is 19.5 Å². The first-order valence-electron chi connectivity index (χ1n) is 14.3. The fraction of sp³-hybridized carbons (Fsp3) is 0.367. The molecule has 0 spiro atoms. The number of nitrogens with zero attached hydrogens (tertiary/aromatic N) is 5. The van der Waals surface area contributed by atoms with Gasteiger partial charge in [0.15, 0.2) is 11.4 Å². The summed E-state index contributed by atoms with van der Waals surface area (Å²) >= 11 is 5.92. The number of aromatic nitrogens is 4. The molecule has 0 bridgehead atoms. The number of carbonyl (C=O) groups is 2. The van der Waals surface area contributed by atoms with Crippen LogP contribution >= 0.6 is 11.6 Å². The van der Waals surface area contributed by atoms with E-state index in [1.807, 2.05) is 0 Å². The monoisotopic (exact) mass is 623 g/mol. The van der Waals surface area contributed by atoms with Gasteiger partial charge in [0.1, 0.15) is 0 Å². The number of pyridine rings is 2. The van der Waals surface area contributed by atoms with Gasteiger partial charge < -0.3 is 20.5 Å². The number of hydrogen-bond donors (Lipinski definition) is 2. The van der Waals surface area contributed by atoms with Gasteiger partial charge in [-0.25, -0.2) is 9.67 Å². The summed E-state index contributed by atoms with van der Waals surface area (Å²) in [6.45, 7) is 2.19. The van der Waals surface area contributed by atoms with E-state index < -0.39 is 17.9 Å². The highest BCUT2D eigenvalue weighted by Gasteiger charge is 2.50. The molecule has 4 aromatic rings. The zero-order valence-corrected chi connectivity index (χ0v) is 24.2. The molecule has 1 aliphatic carbocycles. The fourth-order valence-electron chi connectivity index (χ4n) is 5.75. The lowest BCUT2D eigenvalue weighted by molar-refractivity contribution is -0.193. The van der Waals surface area contributed by atoms with Crippen LogP contribution < -0.4 is 20.7 Å². The topological polar surface area (TPSA) is 137 Å². The standard InChI is InChI=1S/C30H28ClF2N7O4/c31-18-4-5-19(36-11-18)14-39-23-6-3-17(10-24(23)44-30(32,33)29(39)42)25-21-13-37-40(15-20-12-35-7-8-43-20)28(21)38-22(9-16-1-2-16)26(25)27(34)41/h3-6,10-11,13,16,20,35H,1-2,7-9,12,14-15H2,(H2,34,41)/t20-/m0/s1. The maximum atomic E-state index is 15.0. The second kappa shape index (κ2) is 11.1. The molecule has 3 N–H and O–H groups in total. The molecular formula is C30H28ClF2N7O4. The van der Waals surface area contributed by atoms with Crippen molar-refractivity contribution in [2.45, 2.75) is 44.6 Å². The smallest absolute Gasteiger partial charge is 0.423 e. The molecule has 44 heavy (non-hydrogen) atoms. The van der Waals surface area contributed by atoms with Crippen LogP contribution in [0.5, 0.6) is 5.75 Å². The third-order valence-electron chi connectivity index (χ3n) is 8.05. The average Bonchev–Trinajstić information content (AvgIpc) is 3.74. The van der Waals surface area contributed by atoms with Crippen LogP contribution in [0.15, 0.2) is 42.7 Å². The maximum Gasteiger partial charge on any atom is 0.482 e. The first-order valence-corrected chi connectivity index (χ1v) is 14.7. The predicted octanol–water partition coefficient (Wildman–Crippen LogP) is 3.70. The van der Waals surface area contributed by atoms with E-state index in [1.54, 1.807) is 29.1 Å². The van der Waals surface area contributed by atoms with Crippen molar-refractivity contribution in [3.8, 4) is 16.9 Å². The molecule has 0 unspecified atom stereocenters. The maximum absolute atomic E-state index is 15.0. The summed E-state index contributed by atoms with van der Waals surface area (Å²) in [6.07, 6.45) is 1.29. The van der Waals surface area contributed by atoms with E-state index in [-0.39, 0.29) is 29.6 Å². The molecule has 5 heterocycles. The Bertz CT molecular complexity index is 1770. The van der Waals surface area contributed by atoms with Gasteiger partial charge in [-0.15, -0.1) is 0 Å². The number of anilines is 1. The molecule has 1 aromatic carbocycles. The minimum atomic E-state index is -4.13. The summed E-state index contributed by atoms with van der Waals surface area (Å²) in [5, 5.41) is 8.78. The second-order valence-corrected chi connectivity index (χ2v) is 11.7. The minimum absolute atomic E-state index is 0.127. The quantitative estimate of drug-likeness (QED) is 0.303. The Kier molecular flexibility index (Phi) is 7.18. The molecule has 7 rings (SSSR count). The van der Waals surface area contributed by atoms with Gasteiger partial charge >= 0.3 is 12.0 Å². The van der Waals surface area contributed by atoms with Gasteiger partial charge in [0, 0.05) is 30.2 Å². The molecule has 3 aromatic heterocycles. The normalized spacial score (nSPS) is 19.6. The summed E-state index contributed by atoms with van der Waals surface area (Å²) in [5.41, 5.74) is 8.53. The number of alkyl halides is 2. The highest BCUT2D eigenvalue weighted by atomic mass is 35.5. The van der Waals surface area contributed by atoms with Crippen LogP contribution in [-0.4, -0.2) is 63.5 Å². The van der Waals surface area contributed by atoms with Crippen molar-refractivity contribution >= 4 is 40.1 Å². The zero-order chi connectivity index (χ0) is 30.6. The number of nitrogens with one attached hydrogen (secondary N) is 1. The summed E-state index contributed by atoms with van der Waals surface area (Å²) in [6, 6.07) is 7.67. The third-order valence-corrected chi connectivity index (χ3v) is 8.27. The Morgan fingerprint density at radius 1 is 1.20 bits per heavy atom. The Hall–Kier alpha value is -4.20. The number of rotatable bonds is 8. The Morgan fingerprint density at radius 2 is 2.05 bits per heavy atom. The third kappa shape index (κ3) is 5.35. The van der Waals surface area contributed by atoms with Crippen LogP contribution in [-0.2, 0) is 29.0 Å². The van der Waals surface area contributed by atoms with Crippen LogP contribution in [0, 0.1) is 5.92 Å². The van der Waals surface area contributed by atoms with Crippen LogP contribution in [0.2, 0.25) is 5.02 Å². The van der Waals surface area contributed by atoms with E-state index in [9.17, 15) is 18.4 Å². The molecule has 2 fully saturated rings. The Morgan fingerprint density at radius 3 is 2.75 bits per heavy atom. The highest BCUT2D eigenvalue weighted by molar-refractivity contribution is 6.30. The van der Waals surface area contributed by atoms with E-state index in [1.165, 1.54) is 18.3 Å². The van der Waals surface area contributed by atoms with Crippen molar-refractivity contribution < 1.29 is 27.8 Å². The van der Waals surface area contributed by atoms with Crippen LogP contribution in [0.3, 0.4) is 0 Å². The Balaban J connectivity index is 1.35. The van der Waals surface area contributed by atoms with Crippen molar-refractivity contribution in [1.29, 1.82) is 0 Å². The zero-order valence-electron chi connectivity index (χ0n) is 23.4. The van der Waals surface area contributed by atoms with Gasteiger partial charge in [-0.1, -0.05) is 17.7 Å². The summed E-state index contributed by atoms with van der Waals surface area (Å²) in [7, 11) is 0. The summed E-state index contributed by atoms with van der Waals surface area (Å²) in [5.74, 6) is -2.07. The van der Waals surface area contributed by atoms with E-state index in [0.717, 1.165) is 24.3 Å². The van der Waals surface area contributed by atoms with Gasteiger partial charge in [0.05, 0.1) is 59.7 Å². The van der Waals surface area contributed by atoms with Crippen LogP contribution in [0.1, 0.15) is 34.6 Å². The van der Waals surface area contributed by atoms with Crippen molar-refractivity contribution in [3.63, 3.8) is 0 Å². The van der Waals surface area contributed by atoms with Crippen molar-refractivity contribution in [1.82, 2.24) is 25.1 Å². The fourth-order valence-corrected chi connectivity index (χ4v) is 5.86. The lowest BCUT2D eigenvalue weighted by Gasteiger charge is -2.33. The van der Waals surface area contributed by atoms with Crippen LogP contribution in [0.25, 0.3) is 22.2 Å². The number of primary amides is 1. The number of ether oxygens (including phenoxy) is 2. The minimum Gasteiger partial charge on any atom is -0.423 e. The molecule has 3 aliphatic rings.